The molecule has 4 nitrogen and oxygen atoms in total. The molecule has 0 aromatic heterocycles. The Kier molecular flexibility index (Phi) is 8.08. The lowest BCUT2D eigenvalue weighted by atomic mass is 9.93. The van der Waals surface area contributed by atoms with Crippen LogP contribution in [0.4, 0.5) is 26.3 Å². The van der Waals surface area contributed by atoms with Gasteiger partial charge in [-0.05, 0) is 61.6 Å². The van der Waals surface area contributed by atoms with Gasteiger partial charge in [0.25, 0.3) is 0 Å². The highest BCUT2D eigenvalue weighted by atomic mass is 19.4. The number of piperidine rings is 1. The van der Waals surface area contributed by atoms with Crippen molar-refractivity contribution < 1.29 is 35.9 Å². The van der Waals surface area contributed by atoms with Crippen LogP contribution in [0.3, 0.4) is 0 Å². The SMILES string of the molecule is CN(C)CCC(=O)N1C/C(=C\c2ccc(C(F)(F)F)cc2)C(=O)/C(=C/c2ccc(C(F)(F)F)cc2)C1. The van der Waals surface area contributed by atoms with Gasteiger partial charge in [-0.15, -0.1) is 0 Å². The average molecular weight is 510 g/mol. The van der Waals surface area contributed by atoms with E-state index in [1.165, 1.54) is 41.3 Å². The molecule has 1 aliphatic rings. The van der Waals surface area contributed by atoms with Gasteiger partial charge in [0.15, 0.2) is 5.78 Å². The summed E-state index contributed by atoms with van der Waals surface area (Å²) >= 11 is 0. The molecule has 2 aromatic rings. The van der Waals surface area contributed by atoms with Gasteiger partial charge < -0.3 is 9.80 Å². The van der Waals surface area contributed by atoms with Gasteiger partial charge in [-0.3, -0.25) is 9.59 Å². The first-order chi connectivity index (χ1) is 16.7. The molecule has 2 aromatic carbocycles. The van der Waals surface area contributed by atoms with Crippen LogP contribution < -0.4 is 0 Å². The lowest BCUT2D eigenvalue weighted by molar-refractivity contribution is -0.138. The smallest absolute Gasteiger partial charge is 0.334 e. The molecule has 3 rings (SSSR count). The van der Waals surface area contributed by atoms with Crippen molar-refractivity contribution >= 4 is 23.8 Å². The third-order valence-corrected chi connectivity index (χ3v) is 5.59. The number of hydrogen-bond acceptors (Lipinski definition) is 3. The second-order valence-electron chi connectivity index (χ2n) is 8.71. The Bertz CT molecular complexity index is 1080. The third kappa shape index (κ3) is 7.07. The summed E-state index contributed by atoms with van der Waals surface area (Å²) in [5.74, 6) is -0.653. The molecule has 1 saturated heterocycles. The Morgan fingerprint density at radius 1 is 0.806 bits per heavy atom. The number of likely N-dealkylation sites (tertiary alicyclic amines) is 1. The van der Waals surface area contributed by atoms with Crippen molar-refractivity contribution in [1.82, 2.24) is 9.80 Å². The summed E-state index contributed by atoms with van der Waals surface area (Å²) in [6.45, 7) is 0.409. The highest BCUT2D eigenvalue weighted by Crippen LogP contribution is 2.31. The minimum absolute atomic E-state index is 0.0313. The standard InChI is InChI=1S/C26H24F6N2O2/c1-33(2)12-11-23(35)34-15-19(13-17-3-7-21(8-4-17)25(27,28)29)24(36)20(16-34)14-18-5-9-22(10-6-18)26(30,31)32/h3-10,13-14H,11-12,15-16H2,1-2H3/b19-13+,20-14+. The van der Waals surface area contributed by atoms with Gasteiger partial charge in [0, 0.05) is 37.2 Å². The number of benzene rings is 2. The number of alkyl halides is 6. The van der Waals surface area contributed by atoms with Gasteiger partial charge in [0.05, 0.1) is 11.1 Å². The third-order valence-electron chi connectivity index (χ3n) is 5.59. The van der Waals surface area contributed by atoms with Crippen molar-refractivity contribution in [1.29, 1.82) is 0 Å². The van der Waals surface area contributed by atoms with Crippen LogP contribution in [0.25, 0.3) is 12.2 Å². The van der Waals surface area contributed by atoms with Crippen molar-refractivity contribution in [2.24, 2.45) is 0 Å². The zero-order valence-corrected chi connectivity index (χ0v) is 19.6. The second-order valence-corrected chi connectivity index (χ2v) is 8.71. The summed E-state index contributed by atoms with van der Waals surface area (Å²) in [4.78, 5) is 29.3. The second kappa shape index (κ2) is 10.7. The summed E-state index contributed by atoms with van der Waals surface area (Å²) in [6, 6.07) is 8.53. The zero-order chi connectivity index (χ0) is 26.7. The van der Waals surface area contributed by atoms with Crippen LogP contribution in [0.2, 0.25) is 0 Å². The molecule has 192 valence electrons. The van der Waals surface area contributed by atoms with Gasteiger partial charge in [-0.2, -0.15) is 26.3 Å². The number of nitrogens with zero attached hydrogens (tertiary/aromatic N) is 2. The van der Waals surface area contributed by atoms with E-state index in [9.17, 15) is 35.9 Å². The molecule has 1 amide bonds. The first kappa shape index (κ1) is 27.2. The van der Waals surface area contributed by atoms with Crippen LogP contribution in [-0.2, 0) is 21.9 Å². The number of Topliss-reactive ketones (excluding diaryl/α,β-unsaturated/α-hetero) is 1. The van der Waals surface area contributed by atoms with E-state index in [1.54, 1.807) is 14.1 Å². The molecule has 36 heavy (non-hydrogen) atoms. The van der Waals surface area contributed by atoms with Crippen LogP contribution in [0.5, 0.6) is 0 Å². The Labute approximate surface area is 204 Å². The van der Waals surface area contributed by atoms with E-state index in [4.69, 9.17) is 0 Å². The van der Waals surface area contributed by atoms with Crippen molar-refractivity contribution in [3.8, 4) is 0 Å². The molecule has 0 spiro atoms. The van der Waals surface area contributed by atoms with Crippen LogP contribution in [0.15, 0.2) is 59.7 Å². The number of hydrogen-bond donors (Lipinski definition) is 0. The fourth-order valence-corrected chi connectivity index (χ4v) is 3.63. The maximum absolute atomic E-state index is 13.2. The fraction of sp³-hybridized carbons (Fsp3) is 0.308. The summed E-state index contributed by atoms with van der Waals surface area (Å²) in [5.41, 5.74) is -0.577. The lowest BCUT2D eigenvalue weighted by Gasteiger charge is -2.30. The average Bonchev–Trinajstić information content (AvgIpc) is 2.79. The topological polar surface area (TPSA) is 40.6 Å². The molecular weight excluding hydrogens is 486 g/mol. The molecular formula is C26H24F6N2O2. The van der Waals surface area contributed by atoms with Crippen LogP contribution >= 0.6 is 0 Å². The fourth-order valence-electron chi connectivity index (χ4n) is 3.63. The van der Waals surface area contributed by atoms with Gasteiger partial charge in [0.2, 0.25) is 5.91 Å². The normalized spacial score (nSPS) is 17.4. The van der Waals surface area contributed by atoms with Crippen LogP contribution in [0, 0.1) is 0 Å². The molecule has 0 aliphatic carbocycles. The number of ketones is 1. The van der Waals surface area contributed by atoms with Crippen molar-refractivity contribution in [3.63, 3.8) is 0 Å². The van der Waals surface area contributed by atoms with E-state index in [2.05, 4.69) is 0 Å². The highest BCUT2D eigenvalue weighted by molar-refractivity contribution is 6.15. The molecule has 0 unspecified atom stereocenters. The van der Waals surface area contributed by atoms with Crippen molar-refractivity contribution in [3.05, 3.63) is 81.9 Å². The lowest BCUT2D eigenvalue weighted by Crippen LogP contribution is -2.42. The molecule has 1 fully saturated rings. The highest BCUT2D eigenvalue weighted by Gasteiger charge is 2.32. The van der Waals surface area contributed by atoms with Gasteiger partial charge in [-0.25, -0.2) is 0 Å². The van der Waals surface area contributed by atoms with E-state index >= 15 is 0 Å². The minimum atomic E-state index is -4.50. The Hall–Kier alpha value is -3.40. The van der Waals surface area contributed by atoms with Crippen molar-refractivity contribution in [2.45, 2.75) is 18.8 Å². The number of carbonyl (C=O) groups is 2. The molecule has 0 atom stereocenters. The quantitative estimate of drug-likeness (QED) is 0.391. The monoisotopic (exact) mass is 510 g/mol. The first-order valence-electron chi connectivity index (χ1n) is 11.0. The summed E-state index contributed by atoms with van der Waals surface area (Å²) in [5, 5.41) is 0. The Balaban J connectivity index is 1.94. The van der Waals surface area contributed by atoms with Crippen molar-refractivity contribution in [2.75, 3.05) is 33.7 Å². The van der Waals surface area contributed by atoms with Crippen LogP contribution in [0.1, 0.15) is 28.7 Å². The maximum Gasteiger partial charge on any atom is 0.416 e. The predicted molar refractivity (Wildman–Crippen MR) is 124 cm³/mol. The van der Waals surface area contributed by atoms with E-state index in [0.717, 1.165) is 24.3 Å². The summed E-state index contributed by atoms with van der Waals surface area (Å²) in [7, 11) is 3.61. The number of amides is 1. The first-order valence-corrected chi connectivity index (χ1v) is 11.0. The predicted octanol–water partition coefficient (Wildman–Crippen LogP) is 5.55. The molecule has 1 aliphatic heterocycles. The molecule has 0 N–H and O–H groups in total. The summed E-state index contributed by atoms with van der Waals surface area (Å²) in [6.07, 6.45) is -5.97. The van der Waals surface area contributed by atoms with Gasteiger partial charge >= 0.3 is 12.4 Å². The Morgan fingerprint density at radius 3 is 1.53 bits per heavy atom. The molecule has 10 heteroatoms. The maximum atomic E-state index is 13.2. The molecule has 1 heterocycles. The summed E-state index contributed by atoms with van der Waals surface area (Å²) < 4.78 is 77.2. The van der Waals surface area contributed by atoms with E-state index in [1.807, 2.05) is 4.90 Å². The molecule has 0 saturated carbocycles. The molecule has 0 bridgehead atoms. The van der Waals surface area contributed by atoms with E-state index in [0.29, 0.717) is 17.7 Å². The number of rotatable bonds is 5. The Morgan fingerprint density at radius 2 is 1.19 bits per heavy atom. The zero-order valence-electron chi connectivity index (χ0n) is 19.6. The molecule has 0 radical (unpaired) electrons. The number of carbonyl (C=O) groups excluding carboxylic acids is 2. The van der Waals surface area contributed by atoms with E-state index < -0.39 is 29.3 Å². The number of halogens is 6. The largest absolute Gasteiger partial charge is 0.416 e. The van der Waals surface area contributed by atoms with Gasteiger partial charge in [0.1, 0.15) is 0 Å². The van der Waals surface area contributed by atoms with Gasteiger partial charge in [-0.1, -0.05) is 24.3 Å². The van der Waals surface area contributed by atoms with E-state index in [-0.39, 0.29) is 36.6 Å². The van der Waals surface area contributed by atoms with Crippen LogP contribution in [-0.4, -0.2) is 55.2 Å². The minimum Gasteiger partial charge on any atom is -0.334 e.